The Bertz CT molecular complexity index is 367. The third-order valence-corrected chi connectivity index (χ3v) is 2.49. The number of ether oxygens (including phenoxy) is 3. The first-order valence-corrected chi connectivity index (χ1v) is 5.67. The molecule has 2 heterocycles. The van der Waals surface area contributed by atoms with Gasteiger partial charge in [0.05, 0.1) is 6.61 Å². The standard InChI is InChI=1S/C11H17N3O3/c1-15-5-6-17-10-7-9(12)13-11(14-10)8-3-2-4-16-8/h7-8H,2-6H2,1H3,(H2,12,13,14). The zero-order valence-corrected chi connectivity index (χ0v) is 9.89. The minimum Gasteiger partial charge on any atom is -0.475 e. The normalized spacial score (nSPS) is 19.5. The van der Waals surface area contributed by atoms with Crippen LogP contribution in [0.15, 0.2) is 6.07 Å². The first-order valence-electron chi connectivity index (χ1n) is 5.67. The molecule has 1 fully saturated rings. The number of nitrogens with zero attached hydrogens (tertiary/aromatic N) is 2. The first kappa shape index (κ1) is 12.1. The molecule has 1 aromatic heterocycles. The predicted molar refractivity (Wildman–Crippen MR) is 61.7 cm³/mol. The van der Waals surface area contributed by atoms with E-state index < -0.39 is 0 Å². The molecule has 2 N–H and O–H groups in total. The highest BCUT2D eigenvalue weighted by molar-refractivity contribution is 5.33. The molecule has 1 saturated heterocycles. The lowest BCUT2D eigenvalue weighted by atomic mass is 10.2. The molecule has 6 heteroatoms. The number of hydrogen-bond donors (Lipinski definition) is 1. The van der Waals surface area contributed by atoms with Crippen molar-refractivity contribution in [2.45, 2.75) is 18.9 Å². The van der Waals surface area contributed by atoms with Crippen LogP contribution in [0.3, 0.4) is 0 Å². The number of aromatic nitrogens is 2. The Labute approximate surface area is 100 Å². The molecule has 0 aliphatic carbocycles. The molecular formula is C11H17N3O3. The SMILES string of the molecule is COCCOc1cc(N)nc(C2CCCO2)n1. The summed E-state index contributed by atoms with van der Waals surface area (Å²) in [6, 6.07) is 1.61. The van der Waals surface area contributed by atoms with E-state index in [1.54, 1.807) is 13.2 Å². The van der Waals surface area contributed by atoms with Gasteiger partial charge < -0.3 is 19.9 Å². The lowest BCUT2D eigenvalue weighted by molar-refractivity contribution is 0.103. The van der Waals surface area contributed by atoms with Gasteiger partial charge >= 0.3 is 0 Å². The van der Waals surface area contributed by atoms with Crippen molar-refractivity contribution in [3.63, 3.8) is 0 Å². The van der Waals surface area contributed by atoms with Gasteiger partial charge in [-0.1, -0.05) is 0 Å². The van der Waals surface area contributed by atoms with Crippen molar-refractivity contribution in [1.29, 1.82) is 0 Å². The molecule has 94 valence electrons. The Balaban J connectivity index is 2.05. The number of nitrogens with two attached hydrogens (primary N) is 1. The van der Waals surface area contributed by atoms with E-state index in [-0.39, 0.29) is 6.10 Å². The number of rotatable bonds is 5. The van der Waals surface area contributed by atoms with Crippen LogP contribution in [0, 0.1) is 0 Å². The van der Waals surface area contributed by atoms with Crippen molar-refractivity contribution in [3.05, 3.63) is 11.9 Å². The van der Waals surface area contributed by atoms with E-state index in [0.29, 0.717) is 30.7 Å². The molecule has 0 aromatic carbocycles. The van der Waals surface area contributed by atoms with Gasteiger partial charge in [-0.25, -0.2) is 4.98 Å². The van der Waals surface area contributed by atoms with Gasteiger partial charge in [0.1, 0.15) is 18.5 Å². The van der Waals surface area contributed by atoms with Gasteiger partial charge in [0, 0.05) is 19.8 Å². The molecule has 2 rings (SSSR count). The lowest BCUT2D eigenvalue weighted by Crippen LogP contribution is -2.10. The average molecular weight is 239 g/mol. The van der Waals surface area contributed by atoms with Crippen molar-refractivity contribution < 1.29 is 14.2 Å². The lowest BCUT2D eigenvalue weighted by Gasteiger charge is -2.11. The average Bonchev–Trinajstić information content (AvgIpc) is 2.82. The van der Waals surface area contributed by atoms with Gasteiger partial charge in [-0.05, 0) is 12.8 Å². The molecule has 1 aliphatic rings. The Hall–Kier alpha value is -1.40. The summed E-state index contributed by atoms with van der Waals surface area (Å²) in [7, 11) is 1.62. The maximum absolute atomic E-state index is 5.71. The van der Waals surface area contributed by atoms with Crippen LogP contribution in [0.1, 0.15) is 24.8 Å². The Morgan fingerprint density at radius 1 is 1.47 bits per heavy atom. The van der Waals surface area contributed by atoms with Crippen molar-refractivity contribution in [3.8, 4) is 5.88 Å². The van der Waals surface area contributed by atoms with E-state index in [9.17, 15) is 0 Å². The topological polar surface area (TPSA) is 79.5 Å². The maximum Gasteiger partial charge on any atom is 0.218 e. The van der Waals surface area contributed by atoms with Crippen molar-refractivity contribution in [2.24, 2.45) is 0 Å². The summed E-state index contributed by atoms with van der Waals surface area (Å²) in [5.41, 5.74) is 5.71. The molecule has 0 bridgehead atoms. The second-order valence-electron chi connectivity index (χ2n) is 3.83. The number of nitrogen functional groups attached to an aromatic ring is 1. The fourth-order valence-electron chi connectivity index (χ4n) is 1.69. The third-order valence-electron chi connectivity index (χ3n) is 2.49. The van der Waals surface area contributed by atoms with Gasteiger partial charge in [-0.15, -0.1) is 0 Å². The maximum atomic E-state index is 5.71. The number of anilines is 1. The van der Waals surface area contributed by atoms with Gasteiger partial charge in [0.2, 0.25) is 5.88 Å². The Morgan fingerprint density at radius 3 is 3.06 bits per heavy atom. The second kappa shape index (κ2) is 5.79. The summed E-state index contributed by atoms with van der Waals surface area (Å²) in [6.07, 6.45) is 1.91. The van der Waals surface area contributed by atoms with Gasteiger partial charge in [0.25, 0.3) is 0 Å². The largest absolute Gasteiger partial charge is 0.475 e. The van der Waals surface area contributed by atoms with Crippen LogP contribution in [-0.4, -0.2) is 36.9 Å². The van der Waals surface area contributed by atoms with E-state index in [0.717, 1.165) is 19.4 Å². The smallest absolute Gasteiger partial charge is 0.218 e. The molecule has 1 unspecified atom stereocenters. The van der Waals surface area contributed by atoms with Crippen LogP contribution in [0.4, 0.5) is 5.82 Å². The van der Waals surface area contributed by atoms with Crippen LogP contribution in [0.5, 0.6) is 5.88 Å². The second-order valence-corrected chi connectivity index (χ2v) is 3.83. The summed E-state index contributed by atoms with van der Waals surface area (Å²) in [5, 5.41) is 0. The highest BCUT2D eigenvalue weighted by Gasteiger charge is 2.21. The molecule has 1 atom stereocenters. The predicted octanol–water partition coefficient (Wildman–Crippen LogP) is 0.935. The summed E-state index contributed by atoms with van der Waals surface area (Å²) in [4.78, 5) is 8.47. The van der Waals surface area contributed by atoms with Gasteiger partial charge in [-0.3, -0.25) is 0 Å². The fourth-order valence-corrected chi connectivity index (χ4v) is 1.69. The minimum atomic E-state index is -0.0525. The quantitative estimate of drug-likeness (QED) is 0.770. The molecule has 0 spiro atoms. The van der Waals surface area contributed by atoms with E-state index in [2.05, 4.69) is 9.97 Å². The molecule has 1 aliphatic heterocycles. The molecule has 1 aromatic rings. The van der Waals surface area contributed by atoms with E-state index in [1.165, 1.54) is 0 Å². The van der Waals surface area contributed by atoms with Crippen molar-refractivity contribution >= 4 is 5.82 Å². The molecule has 0 radical (unpaired) electrons. The third kappa shape index (κ3) is 3.28. The zero-order chi connectivity index (χ0) is 12.1. The fraction of sp³-hybridized carbons (Fsp3) is 0.636. The molecule has 17 heavy (non-hydrogen) atoms. The van der Waals surface area contributed by atoms with Crippen molar-refractivity contribution in [1.82, 2.24) is 9.97 Å². The number of hydrogen-bond acceptors (Lipinski definition) is 6. The summed E-state index contributed by atoms with van der Waals surface area (Å²) in [6.45, 7) is 1.71. The van der Waals surface area contributed by atoms with Gasteiger partial charge in [-0.2, -0.15) is 4.98 Å². The van der Waals surface area contributed by atoms with Crippen LogP contribution in [-0.2, 0) is 9.47 Å². The van der Waals surface area contributed by atoms with Crippen LogP contribution >= 0.6 is 0 Å². The minimum absolute atomic E-state index is 0.0525. The zero-order valence-electron chi connectivity index (χ0n) is 9.89. The molecule has 0 amide bonds. The highest BCUT2D eigenvalue weighted by atomic mass is 16.5. The Morgan fingerprint density at radius 2 is 2.35 bits per heavy atom. The highest BCUT2D eigenvalue weighted by Crippen LogP contribution is 2.27. The van der Waals surface area contributed by atoms with Crippen LogP contribution in [0.25, 0.3) is 0 Å². The summed E-state index contributed by atoms with van der Waals surface area (Å²) in [5.74, 6) is 1.48. The molecule has 6 nitrogen and oxygen atoms in total. The monoisotopic (exact) mass is 239 g/mol. The summed E-state index contributed by atoms with van der Waals surface area (Å²) < 4.78 is 15.8. The van der Waals surface area contributed by atoms with Crippen LogP contribution < -0.4 is 10.5 Å². The van der Waals surface area contributed by atoms with E-state index in [1.807, 2.05) is 0 Å². The van der Waals surface area contributed by atoms with E-state index >= 15 is 0 Å². The van der Waals surface area contributed by atoms with Gasteiger partial charge in [0.15, 0.2) is 5.82 Å². The van der Waals surface area contributed by atoms with Crippen LogP contribution in [0.2, 0.25) is 0 Å². The number of methoxy groups -OCH3 is 1. The summed E-state index contributed by atoms with van der Waals surface area (Å²) >= 11 is 0. The first-order chi connectivity index (χ1) is 8.29. The molecule has 0 saturated carbocycles. The molecular weight excluding hydrogens is 222 g/mol. The Kier molecular flexibility index (Phi) is 4.11. The van der Waals surface area contributed by atoms with E-state index in [4.69, 9.17) is 19.9 Å². The van der Waals surface area contributed by atoms with Crippen molar-refractivity contribution in [2.75, 3.05) is 32.7 Å².